The van der Waals surface area contributed by atoms with Gasteiger partial charge < -0.3 is 10.1 Å². The highest BCUT2D eigenvalue weighted by Crippen LogP contribution is 2.27. The van der Waals surface area contributed by atoms with Crippen LogP contribution in [0.25, 0.3) is 0 Å². The Labute approximate surface area is 141 Å². The maximum Gasteiger partial charge on any atom is 0.262 e. The number of nitriles is 1. The number of anilines is 1. The number of carbonyl (C=O) groups excluding carboxylic acids is 1. The van der Waals surface area contributed by atoms with Gasteiger partial charge >= 0.3 is 0 Å². The number of nitrogens with zero attached hydrogens (tertiary/aromatic N) is 1. The van der Waals surface area contributed by atoms with E-state index >= 15 is 0 Å². The summed E-state index contributed by atoms with van der Waals surface area (Å²) in [5, 5.41) is 11.7. The Hall–Kier alpha value is -2.03. The van der Waals surface area contributed by atoms with Crippen molar-refractivity contribution in [3.8, 4) is 11.8 Å². The quantitative estimate of drug-likeness (QED) is 0.847. The number of halogens is 2. The zero-order chi connectivity index (χ0) is 15.9. The van der Waals surface area contributed by atoms with Crippen LogP contribution in [0.1, 0.15) is 5.56 Å². The smallest absolute Gasteiger partial charge is 0.262 e. The number of carbonyl (C=O) groups is 1. The Morgan fingerprint density at radius 2 is 2.00 bits per heavy atom. The number of nitrogens with one attached hydrogen (secondary N) is 1. The first-order chi connectivity index (χ1) is 10.6. The molecule has 0 aliphatic heterocycles. The molecule has 0 aliphatic rings. The Morgan fingerprint density at radius 1 is 1.27 bits per heavy atom. The van der Waals surface area contributed by atoms with E-state index in [4.69, 9.17) is 21.6 Å². The van der Waals surface area contributed by atoms with Gasteiger partial charge in [-0.2, -0.15) is 5.26 Å². The predicted octanol–water partition coefficient (Wildman–Crippen LogP) is 4.19. The molecule has 6 heteroatoms. The molecule has 0 aromatic heterocycles. The summed E-state index contributed by atoms with van der Waals surface area (Å²) in [6.07, 6.45) is 0.347. The number of ether oxygens (including phenoxy) is 1. The number of benzene rings is 2. The SMILES string of the molecule is N#CCc1ccc(NC(=O)COc2ccc(Br)cc2Cl)cc1. The standard InChI is InChI=1S/C16H12BrClN2O2/c17-12-3-6-15(14(18)9-12)22-10-16(21)20-13-4-1-11(2-5-13)7-8-19/h1-6,9H,7,10H2,(H,20,21). The molecule has 0 unspecified atom stereocenters. The lowest BCUT2D eigenvalue weighted by molar-refractivity contribution is -0.118. The molecule has 0 radical (unpaired) electrons. The second-order valence-corrected chi connectivity index (χ2v) is 5.77. The second-order valence-electron chi connectivity index (χ2n) is 4.44. The minimum Gasteiger partial charge on any atom is -0.482 e. The van der Waals surface area contributed by atoms with Crippen molar-refractivity contribution in [2.45, 2.75) is 6.42 Å². The summed E-state index contributed by atoms with van der Waals surface area (Å²) in [5.74, 6) is 0.163. The van der Waals surface area contributed by atoms with Crippen molar-refractivity contribution < 1.29 is 9.53 Å². The average molecular weight is 380 g/mol. The minimum absolute atomic E-state index is 0.138. The molecule has 2 rings (SSSR count). The summed E-state index contributed by atoms with van der Waals surface area (Å²) >= 11 is 9.31. The van der Waals surface area contributed by atoms with E-state index in [9.17, 15) is 4.79 Å². The van der Waals surface area contributed by atoms with E-state index in [-0.39, 0.29) is 12.5 Å². The molecule has 2 aromatic carbocycles. The number of amides is 1. The molecule has 0 fully saturated rings. The molecule has 0 aliphatic carbocycles. The highest BCUT2D eigenvalue weighted by molar-refractivity contribution is 9.10. The first kappa shape index (κ1) is 16.3. The first-order valence-electron chi connectivity index (χ1n) is 6.42. The van der Waals surface area contributed by atoms with Gasteiger partial charge in [0.15, 0.2) is 6.61 Å². The van der Waals surface area contributed by atoms with Gasteiger partial charge in [0, 0.05) is 10.2 Å². The molecule has 4 nitrogen and oxygen atoms in total. The van der Waals surface area contributed by atoms with Crippen LogP contribution in [-0.4, -0.2) is 12.5 Å². The van der Waals surface area contributed by atoms with Gasteiger partial charge in [-0.15, -0.1) is 0 Å². The minimum atomic E-state index is -0.285. The lowest BCUT2D eigenvalue weighted by atomic mass is 10.1. The van der Waals surface area contributed by atoms with E-state index in [0.717, 1.165) is 10.0 Å². The molecule has 112 valence electrons. The Bertz CT molecular complexity index is 711. The van der Waals surface area contributed by atoms with E-state index in [0.29, 0.717) is 22.9 Å². The summed E-state index contributed by atoms with van der Waals surface area (Å²) in [6, 6.07) is 14.3. The molecular formula is C16H12BrClN2O2. The van der Waals surface area contributed by atoms with Crippen LogP contribution in [0.5, 0.6) is 5.75 Å². The zero-order valence-electron chi connectivity index (χ0n) is 11.5. The lowest BCUT2D eigenvalue weighted by Crippen LogP contribution is -2.20. The number of hydrogen-bond acceptors (Lipinski definition) is 3. The van der Waals surface area contributed by atoms with Crippen LogP contribution in [-0.2, 0) is 11.2 Å². The van der Waals surface area contributed by atoms with Crippen LogP contribution in [0, 0.1) is 11.3 Å². The summed E-state index contributed by atoms with van der Waals surface area (Å²) in [5.41, 5.74) is 1.55. The summed E-state index contributed by atoms with van der Waals surface area (Å²) in [6.45, 7) is -0.138. The average Bonchev–Trinajstić information content (AvgIpc) is 2.49. The number of rotatable bonds is 5. The maximum absolute atomic E-state index is 11.8. The summed E-state index contributed by atoms with van der Waals surface area (Å²) < 4.78 is 6.22. The Morgan fingerprint density at radius 3 is 2.64 bits per heavy atom. The van der Waals surface area contributed by atoms with Crippen LogP contribution in [0.2, 0.25) is 5.02 Å². The van der Waals surface area contributed by atoms with Crippen LogP contribution in [0.15, 0.2) is 46.9 Å². The van der Waals surface area contributed by atoms with Crippen molar-refractivity contribution in [2.75, 3.05) is 11.9 Å². The van der Waals surface area contributed by atoms with Crippen molar-refractivity contribution >= 4 is 39.1 Å². The van der Waals surface area contributed by atoms with Crippen LogP contribution >= 0.6 is 27.5 Å². The molecule has 22 heavy (non-hydrogen) atoms. The van der Waals surface area contributed by atoms with E-state index in [2.05, 4.69) is 27.3 Å². The van der Waals surface area contributed by atoms with Gasteiger partial charge in [-0.3, -0.25) is 4.79 Å². The molecule has 0 bridgehead atoms. The third kappa shape index (κ3) is 4.76. The van der Waals surface area contributed by atoms with Crippen molar-refractivity contribution in [3.63, 3.8) is 0 Å². The van der Waals surface area contributed by atoms with Crippen molar-refractivity contribution in [1.82, 2.24) is 0 Å². The van der Waals surface area contributed by atoms with E-state index in [1.807, 2.05) is 0 Å². The van der Waals surface area contributed by atoms with E-state index < -0.39 is 0 Å². The molecule has 0 atom stereocenters. The fourth-order valence-electron chi connectivity index (χ4n) is 1.73. The zero-order valence-corrected chi connectivity index (χ0v) is 13.8. The van der Waals surface area contributed by atoms with Crippen molar-refractivity contribution in [2.24, 2.45) is 0 Å². The maximum atomic E-state index is 11.8. The van der Waals surface area contributed by atoms with Gasteiger partial charge in [0.25, 0.3) is 5.91 Å². The van der Waals surface area contributed by atoms with E-state index in [1.54, 1.807) is 42.5 Å². The fourth-order valence-corrected chi connectivity index (χ4v) is 2.46. The van der Waals surface area contributed by atoms with Gasteiger partial charge in [0.1, 0.15) is 5.75 Å². The molecular weight excluding hydrogens is 368 g/mol. The molecule has 1 N–H and O–H groups in total. The normalized spacial score (nSPS) is 9.86. The largest absolute Gasteiger partial charge is 0.482 e. The lowest BCUT2D eigenvalue weighted by Gasteiger charge is -2.09. The van der Waals surface area contributed by atoms with Gasteiger partial charge in [0.2, 0.25) is 0 Å². The highest BCUT2D eigenvalue weighted by Gasteiger charge is 2.07. The summed E-state index contributed by atoms with van der Waals surface area (Å²) in [4.78, 5) is 11.8. The Balaban J connectivity index is 1.89. The fraction of sp³-hybridized carbons (Fsp3) is 0.125. The molecule has 0 saturated heterocycles. The van der Waals surface area contributed by atoms with Gasteiger partial charge in [0.05, 0.1) is 17.5 Å². The van der Waals surface area contributed by atoms with Crippen LogP contribution < -0.4 is 10.1 Å². The van der Waals surface area contributed by atoms with Crippen molar-refractivity contribution in [3.05, 3.63) is 57.5 Å². The van der Waals surface area contributed by atoms with Gasteiger partial charge in [-0.05, 0) is 35.9 Å². The third-order valence-electron chi connectivity index (χ3n) is 2.77. The van der Waals surface area contributed by atoms with Gasteiger partial charge in [-0.1, -0.05) is 39.7 Å². The van der Waals surface area contributed by atoms with Crippen LogP contribution in [0.3, 0.4) is 0 Å². The highest BCUT2D eigenvalue weighted by atomic mass is 79.9. The second kappa shape index (κ2) is 7.83. The van der Waals surface area contributed by atoms with Gasteiger partial charge in [-0.25, -0.2) is 0 Å². The summed E-state index contributed by atoms with van der Waals surface area (Å²) in [7, 11) is 0. The number of hydrogen-bond donors (Lipinski definition) is 1. The monoisotopic (exact) mass is 378 g/mol. The molecule has 2 aromatic rings. The third-order valence-corrected chi connectivity index (χ3v) is 3.56. The first-order valence-corrected chi connectivity index (χ1v) is 7.59. The molecule has 0 saturated carbocycles. The molecule has 0 spiro atoms. The predicted molar refractivity (Wildman–Crippen MR) is 89.0 cm³/mol. The molecule has 1 amide bonds. The topological polar surface area (TPSA) is 62.1 Å². The van der Waals surface area contributed by atoms with E-state index in [1.165, 1.54) is 0 Å². The van der Waals surface area contributed by atoms with Crippen LogP contribution in [0.4, 0.5) is 5.69 Å². The van der Waals surface area contributed by atoms with Crippen molar-refractivity contribution in [1.29, 1.82) is 5.26 Å². The Kier molecular flexibility index (Phi) is 5.82. The molecule has 0 heterocycles.